The molecule has 0 unspecified atom stereocenters. The van der Waals surface area contributed by atoms with Crippen molar-refractivity contribution in [2.24, 2.45) is 0 Å². The van der Waals surface area contributed by atoms with E-state index in [1.54, 1.807) is 0 Å². The summed E-state index contributed by atoms with van der Waals surface area (Å²) in [5.74, 6) is 0. The fourth-order valence-corrected chi connectivity index (χ4v) is 2.38. The van der Waals surface area contributed by atoms with Gasteiger partial charge in [0.05, 0.1) is 18.8 Å². The Labute approximate surface area is 104 Å². The third kappa shape index (κ3) is 3.55. The average molecular weight is 234 g/mol. The van der Waals surface area contributed by atoms with Gasteiger partial charge in [-0.2, -0.15) is 0 Å². The van der Waals surface area contributed by atoms with Crippen molar-refractivity contribution in [3.63, 3.8) is 0 Å². The van der Waals surface area contributed by atoms with E-state index in [9.17, 15) is 5.11 Å². The molecule has 1 fully saturated rings. The van der Waals surface area contributed by atoms with Crippen molar-refractivity contribution < 1.29 is 9.84 Å². The molecule has 1 saturated carbocycles. The fraction of sp³-hybridized carbons (Fsp3) is 0.600. The first kappa shape index (κ1) is 12.6. The molecular weight excluding hydrogens is 212 g/mol. The molecule has 2 heteroatoms. The van der Waals surface area contributed by atoms with Gasteiger partial charge in [-0.05, 0) is 50.7 Å². The second kappa shape index (κ2) is 5.65. The number of aryl methyl sites for hydroxylation is 2. The molecule has 0 spiro atoms. The molecule has 1 aliphatic rings. The molecule has 0 saturated heterocycles. The van der Waals surface area contributed by atoms with Crippen LogP contribution in [0.4, 0.5) is 0 Å². The van der Waals surface area contributed by atoms with E-state index in [0.29, 0.717) is 12.7 Å². The maximum atomic E-state index is 9.44. The maximum Gasteiger partial charge on any atom is 0.0723 e. The highest BCUT2D eigenvalue weighted by molar-refractivity contribution is 5.29. The van der Waals surface area contributed by atoms with Crippen LogP contribution in [0.25, 0.3) is 0 Å². The molecule has 0 radical (unpaired) electrons. The second-order valence-electron chi connectivity index (χ2n) is 5.17. The number of ether oxygens (including phenoxy) is 1. The summed E-state index contributed by atoms with van der Waals surface area (Å²) in [5.41, 5.74) is 3.87. The molecule has 0 bridgehead atoms. The van der Waals surface area contributed by atoms with E-state index in [4.69, 9.17) is 4.74 Å². The number of benzene rings is 1. The predicted molar refractivity (Wildman–Crippen MR) is 69.0 cm³/mol. The SMILES string of the molecule is Cc1ccc(C)c(COC2CCC(O)CC2)c1. The zero-order valence-corrected chi connectivity index (χ0v) is 10.8. The first-order valence-corrected chi connectivity index (χ1v) is 6.51. The summed E-state index contributed by atoms with van der Waals surface area (Å²) in [4.78, 5) is 0. The summed E-state index contributed by atoms with van der Waals surface area (Å²) < 4.78 is 5.94. The Morgan fingerprint density at radius 3 is 2.59 bits per heavy atom. The van der Waals surface area contributed by atoms with Crippen LogP contribution in [-0.4, -0.2) is 17.3 Å². The standard InChI is InChI=1S/C15H22O2/c1-11-3-4-12(2)13(9-11)10-17-15-7-5-14(16)6-8-15/h3-4,9,14-16H,5-8,10H2,1-2H3. The van der Waals surface area contributed by atoms with Crippen molar-refractivity contribution in [1.82, 2.24) is 0 Å². The van der Waals surface area contributed by atoms with Crippen molar-refractivity contribution in [2.45, 2.75) is 58.3 Å². The molecule has 0 aromatic heterocycles. The predicted octanol–water partition coefficient (Wildman–Crippen LogP) is 3.12. The van der Waals surface area contributed by atoms with Crippen LogP contribution in [0.15, 0.2) is 18.2 Å². The Balaban J connectivity index is 1.87. The minimum atomic E-state index is -0.101. The molecule has 2 rings (SSSR count). The summed E-state index contributed by atoms with van der Waals surface area (Å²) >= 11 is 0. The first-order chi connectivity index (χ1) is 8.15. The lowest BCUT2D eigenvalue weighted by Gasteiger charge is -2.25. The van der Waals surface area contributed by atoms with Gasteiger partial charge in [0.25, 0.3) is 0 Å². The van der Waals surface area contributed by atoms with Gasteiger partial charge in [-0.3, -0.25) is 0 Å². The highest BCUT2D eigenvalue weighted by Crippen LogP contribution is 2.22. The van der Waals surface area contributed by atoms with Crippen LogP contribution in [0.2, 0.25) is 0 Å². The largest absolute Gasteiger partial charge is 0.393 e. The van der Waals surface area contributed by atoms with E-state index in [0.717, 1.165) is 25.7 Å². The van der Waals surface area contributed by atoms with Crippen molar-refractivity contribution in [3.05, 3.63) is 34.9 Å². The molecule has 17 heavy (non-hydrogen) atoms. The summed E-state index contributed by atoms with van der Waals surface area (Å²) in [6, 6.07) is 6.49. The Morgan fingerprint density at radius 2 is 1.88 bits per heavy atom. The molecule has 0 amide bonds. The number of aliphatic hydroxyl groups is 1. The lowest BCUT2D eigenvalue weighted by Crippen LogP contribution is -2.24. The van der Waals surface area contributed by atoms with Gasteiger partial charge in [0.2, 0.25) is 0 Å². The average Bonchev–Trinajstić information content (AvgIpc) is 2.32. The van der Waals surface area contributed by atoms with Crippen molar-refractivity contribution in [2.75, 3.05) is 0 Å². The minimum absolute atomic E-state index is 0.101. The Kier molecular flexibility index (Phi) is 4.19. The number of aliphatic hydroxyl groups excluding tert-OH is 1. The van der Waals surface area contributed by atoms with Crippen LogP contribution in [-0.2, 0) is 11.3 Å². The molecule has 2 nitrogen and oxygen atoms in total. The third-order valence-corrected chi connectivity index (χ3v) is 3.62. The van der Waals surface area contributed by atoms with Gasteiger partial charge in [0.1, 0.15) is 0 Å². The van der Waals surface area contributed by atoms with E-state index >= 15 is 0 Å². The molecule has 94 valence electrons. The van der Waals surface area contributed by atoms with Gasteiger partial charge >= 0.3 is 0 Å². The van der Waals surface area contributed by atoms with Crippen molar-refractivity contribution in [3.8, 4) is 0 Å². The topological polar surface area (TPSA) is 29.5 Å². The Morgan fingerprint density at radius 1 is 1.18 bits per heavy atom. The molecule has 0 atom stereocenters. The number of hydrogen-bond acceptors (Lipinski definition) is 2. The van der Waals surface area contributed by atoms with Crippen LogP contribution >= 0.6 is 0 Å². The zero-order chi connectivity index (χ0) is 12.3. The minimum Gasteiger partial charge on any atom is -0.393 e. The van der Waals surface area contributed by atoms with E-state index in [1.165, 1.54) is 16.7 Å². The lowest BCUT2D eigenvalue weighted by molar-refractivity contribution is -0.0120. The highest BCUT2D eigenvalue weighted by atomic mass is 16.5. The van der Waals surface area contributed by atoms with Crippen molar-refractivity contribution in [1.29, 1.82) is 0 Å². The normalized spacial score (nSPS) is 24.9. The van der Waals surface area contributed by atoms with E-state index in [-0.39, 0.29) is 6.10 Å². The van der Waals surface area contributed by atoms with Gasteiger partial charge in [-0.15, -0.1) is 0 Å². The Bertz CT molecular complexity index is 365. The quantitative estimate of drug-likeness (QED) is 0.870. The summed E-state index contributed by atoms with van der Waals surface area (Å²) in [7, 11) is 0. The number of rotatable bonds is 3. The van der Waals surface area contributed by atoms with E-state index in [2.05, 4.69) is 32.0 Å². The molecule has 0 heterocycles. The van der Waals surface area contributed by atoms with Crippen LogP contribution in [0.5, 0.6) is 0 Å². The van der Waals surface area contributed by atoms with Crippen LogP contribution in [0.1, 0.15) is 42.4 Å². The zero-order valence-electron chi connectivity index (χ0n) is 10.8. The van der Waals surface area contributed by atoms with Crippen LogP contribution in [0.3, 0.4) is 0 Å². The monoisotopic (exact) mass is 234 g/mol. The third-order valence-electron chi connectivity index (χ3n) is 3.62. The molecule has 1 aromatic carbocycles. The molecule has 0 aliphatic heterocycles. The summed E-state index contributed by atoms with van der Waals surface area (Å²) in [5, 5.41) is 9.44. The van der Waals surface area contributed by atoms with Gasteiger partial charge in [0.15, 0.2) is 0 Å². The van der Waals surface area contributed by atoms with Gasteiger partial charge < -0.3 is 9.84 Å². The highest BCUT2D eigenvalue weighted by Gasteiger charge is 2.19. The van der Waals surface area contributed by atoms with E-state index in [1.807, 2.05) is 0 Å². The summed E-state index contributed by atoms with van der Waals surface area (Å²) in [6.45, 7) is 4.94. The van der Waals surface area contributed by atoms with Gasteiger partial charge in [-0.25, -0.2) is 0 Å². The first-order valence-electron chi connectivity index (χ1n) is 6.51. The molecular formula is C15H22O2. The maximum absolute atomic E-state index is 9.44. The van der Waals surface area contributed by atoms with Gasteiger partial charge in [0, 0.05) is 0 Å². The number of hydrogen-bond donors (Lipinski definition) is 1. The summed E-state index contributed by atoms with van der Waals surface area (Å²) in [6.07, 6.45) is 3.99. The molecule has 1 aromatic rings. The molecule has 1 N–H and O–H groups in total. The van der Waals surface area contributed by atoms with Crippen LogP contribution in [0, 0.1) is 13.8 Å². The smallest absolute Gasteiger partial charge is 0.0723 e. The molecule has 1 aliphatic carbocycles. The van der Waals surface area contributed by atoms with E-state index < -0.39 is 0 Å². The fourth-order valence-electron chi connectivity index (χ4n) is 2.38. The Hall–Kier alpha value is -0.860. The van der Waals surface area contributed by atoms with Gasteiger partial charge in [-0.1, -0.05) is 23.8 Å². The lowest BCUT2D eigenvalue weighted by atomic mass is 9.95. The second-order valence-corrected chi connectivity index (χ2v) is 5.17. The van der Waals surface area contributed by atoms with Crippen molar-refractivity contribution >= 4 is 0 Å². The van der Waals surface area contributed by atoms with Crippen LogP contribution < -0.4 is 0 Å².